The minimum Gasteiger partial charge on any atom is -0.355 e. The van der Waals surface area contributed by atoms with E-state index in [9.17, 15) is 18.4 Å². The third-order valence-electron chi connectivity index (χ3n) is 3.65. The first kappa shape index (κ1) is 20.7. The molecule has 0 aliphatic carbocycles. The van der Waals surface area contributed by atoms with E-state index in [0.29, 0.717) is 33.6 Å². The summed E-state index contributed by atoms with van der Waals surface area (Å²) in [7, 11) is 3.32. The standard InChI is InChI=1S/C19H21F2N3O2S/c1-24(2)17(25)11-12-22-18(26)15-5-3-4-6-16(15)23-13-7-9-14(10-8-13)27-19(20)21/h3-10,19,23H,11-12H2,1-2H3,(H,22,26). The van der Waals surface area contributed by atoms with Gasteiger partial charge in [0.15, 0.2) is 0 Å². The van der Waals surface area contributed by atoms with Crippen LogP contribution in [0.5, 0.6) is 0 Å². The molecule has 0 fully saturated rings. The molecule has 0 unspecified atom stereocenters. The van der Waals surface area contributed by atoms with Crippen LogP contribution in [0.3, 0.4) is 0 Å². The number of hydrogen-bond donors (Lipinski definition) is 2. The predicted molar refractivity (Wildman–Crippen MR) is 104 cm³/mol. The minimum absolute atomic E-state index is 0.0662. The number of thioether (sulfide) groups is 1. The second-order valence-electron chi connectivity index (χ2n) is 5.87. The molecule has 2 aromatic carbocycles. The molecule has 0 aromatic heterocycles. The molecule has 8 heteroatoms. The summed E-state index contributed by atoms with van der Waals surface area (Å²) in [4.78, 5) is 25.9. The summed E-state index contributed by atoms with van der Waals surface area (Å²) in [5.74, 6) is -2.83. The van der Waals surface area contributed by atoms with E-state index in [4.69, 9.17) is 0 Å². The van der Waals surface area contributed by atoms with Crippen molar-refractivity contribution in [3.63, 3.8) is 0 Å². The Morgan fingerprint density at radius 3 is 2.37 bits per heavy atom. The second-order valence-corrected chi connectivity index (χ2v) is 6.93. The fourth-order valence-corrected chi connectivity index (χ4v) is 2.77. The van der Waals surface area contributed by atoms with E-state index in [0.717, 1.165) is 0 Å². The first-order valence-corrected chi connectivity index (χ1v) is 9.14. The Bertz CT molecular complexity index is 783. The van der Waals surface area contributed by atoms with Crippen molar-refractivity contribution >= 4 is 35.0 Å². The summed E-state index contributed by atoms with van der Waals surface area (Å²) in [6.07, 6.45) is 0.220. The van der Waals surface area contributed by atoms with Gasteiger partial charge in [0.25, 0.3) is 11.7 Å². The summed E-state index contributed by atoms with van der Waals surface area (Å²) in [5.41, 5.74) is 1.70. The van der Waals surface area contributed by atoms with Gasteiger partial charge in [-0.2, -0.15) is 8.78 Å². The zero-order chi connectivity index (χ0) is 19.8. The fraction of sp³-hybridized carbons (Fsp3) is 0.263. The van der Waals surface area contributed by atoms with Crippen LogP contribution in [0.25, 0.3) is 0 Å². The number of para-hydroxylation sites is 1. The monoisotopic (exact) mass is 393 g/mol. The number of halogens is 2. The highest BCUT2D eigenvalue weighted by atomic mass is 32.2. The molecule has 0 radical (unpaired) electrons. The molecule has 5 nitrogen and oxygen atoms in total. The molecule has 2 amide bonds. The van der Waals surface area contributed by atoms with Crippen molar-refractivity contribution < 1.29 is 18.4 Å². The number of nitrogens with one attached hydrogen (secondary N) is 2. The summed E-state index contributed by atoms with van der Waals surface area (Å²) in [6.45, 7) is 0.240. The minimum atomic E-state index is -2.47. The van der Waals surface area contributed by atoms with Crippen LogP contribution in [0.4, 0.5) is 20.2 Å². The molecule has 144 valence electrons. The quantitative estimate of drug-likeness (QED) is 0.667. The lowest BCUT2D eigenvalue weighted by molar-refractivity contribution is -0.128. The summed E-state index contributed by atoms with van der Waals surface area (Å²) >= 11 is 0.479. The largest absolute Gasteiger partial charge is 0.355 e. The van der Waals surface area contributed by atoms with Crippen molar-refractivity contribution in [2.24, 2.45) is 0 Å². The normalized spacial score (nSPS) is 10.6. The van der Waals surface area contributed by atoms with Crippen molar-refractivity contribution in [3.8, 4) is 0 Å². The van der Waals surface area contributed by atoms with Crippen LogP contribution < -0.4 is 10.6 Å². The van der Waals surface area contributed by atoms with Crippen molar-refractivity contribution in [1.82, 2.24) is 10.2 Å². The third kappa shape index (κ3) is 6.56. The number of rotatable bonds is 8. The lowest BCUT2D eigenvalue weighted by atomic mass is 10.1. The Kier molecular flexibility index (Phi) is 7.60. The zero-order valence-electron chi connectivity index (χ0n) is 15.0. The van der Waals surface area contributed by atoms with E-state index in [-0.39, 0.29) is 24.8 Å². The Labute approximate surface area is 161 Å². The van der Waals surface area contributed by atoms with Gasteiger partial charge in [-0.05, 0) is 36.4 Å². The molecule has 0 aliphatic rings. The van der Waals surface area contributed by atoms with E-state index in [1.165, 1.54) is 4.90 Å². The van der Waals surface area contributed by atoms with Crippen LogP contribution in [-0.4, -0.2) is 43.1 Å². The van der Waals surface area contributed by atoms with Crippen LogP contribution in [0.2, 0.25) is 0 Å². The fourth-order valence-electron chi connectivity index (χ4n) is 2.27. The second kappa shape index (κ2) is 9.91. The first-order valence-electron chi connectivity index (χ1n) is 8.26. The van der Waals surface area contributed by atoms with E-state index >= 15 is 0 Å². The number of carbonyl (C=O) groups excluding carboxylic acids is 2. The van der Waals surface area contributed by atoms with Gasteiger partial charge in [-0.25, -0.2) is 0 Å². The van der Waals surface area contributed by atoms with Crippen LogP contribution >= 0.6 is 11.8 Å². The lowest BCUT2D eigenvalue weighted by Crippen LogP contribution is -2.30. The van der Waals surface area contributed by atoms with Gasteiger partial charge in [0.05, 0.1) is 11.3 Å². The lowest BCUT2D eigenvalue weighted by Gasteiger charge is -2.13. The van der Waals surface area contributed by atoms with E-state index in [1.54, 1.807) is 62.6 Å². The maximum Gasteiger partial charge on any atom is 0.288 e. The molecular formula is C19H21F2N3O2S. The van der Waals surface area contributed by atoms with Gasteiger partial charge in [-0.15, -0.1) is 0 Å². The Hall–Kier alpha value is -2.61. The highest BCUT2D eigenvalue weighted by Crippen LogP contribution is 2.27. The Morgan fingerprint density at radius 2 is 1.74 bits per heavy atom. The summed E-state index contributed by atoms with van der Waals surface area (Å²) in [5, 5.41) is 5.85. The van der Waals surface area contributed by atoms with Crippen LogP contribution in [0.15, 0.2) is 53.4 Å². The average molecular weight is 393 g/mol. The summed E-state index contributed by atoms with van der Waals surface area (Å²) < 4.78 is 24.8. The van der Waals surface area contributed by atoms with Crippen molar-refractivity contribution in [2.75, 3.05) is 26.0 Å². The smallest absolute Gasteiger partial charge is 0.288 e. The number of anilines is 2. The van der Waals surface area contributed by atoms with E-state index in [2.05, 4.69) is 10.6 Å². The Morgan fingerprint density at radius 1 is 1.07 bits per heavy atom. The zero-order valence-corrected chi connectivity index (χ0v) is 15.9. The first-order chi connectivity index (χ1) is 12.9. The maximum absolute atomic E-state index is 12.4. The van der Waals surface area contributed by atoms with Gasteiger partial charge < -0.3 is 15.5 Å². The molecule has 2 N–H and O–H groups in total. The molecule has 0 atom stereocenters. The number of alkyl halides is 2. The van der Waals surface area contributed by atoms with Crippen LogP contribution in [0.1, 0.15) is 16.8 Å². The predicted octanol–water partition coefficient (Wildman–Crippen LogP) is 3.95. The van der Waals surface area contributed by atoms with E-state index in [1.807, 2.05) is 0 Å². The van der Waals surface area contributed by atoms with Crippen molar-refractivity contribution in [1.29, 1.82) is 0 Å². The van der Waals surface area contributed by atoms with Crippen molar-refractivity contribution in [2.45, 2.75) is 17.1 Å². The van der Waals surface area contributed by atoms with Crippen molar-refractivity contribution in [3.05, 3.63) is 54.1 Å². The SMILES string of the molecule is CN(C)C(=O)CCNC(=O)c1ccccc1Nc1ccc(SC(F)F)cc1. The average Bonchev–Trinajstić information content (AvgIpc) is 2.63. The van der Waals surface area contributed by atoms with E-state index < -0.39 is 5.76 Å². The number of nitrogens with zero attached hydrogens (tertiary/aromatic N) is 1. The number of carbonyl (C=O) groups is 2. The molecule has 0 bridgehead atoms. The molecular weight excluding hydrogens is 372 g/mol. The van der Waals surface area contributed by atoms with Crippen LogP contribution in [-0.2, 0) is 4.79 Å². The van der Waals surface area contributed by atoms with Gasteiger partial charge >= 0.3 is 0 Å². The van der Waals surface area contributed by atoms with Gasteiger partial charge in [-0.3, -0.25) is 9.59 Å². The number of amides is 2. The van der Waals surface area contributed by atoms with Gasteiger partial charge in [0.1, 0.15) is 0 Å². The highest BCUT2D eigenvalue weighted by Gasteiger charge is 2.12. The number of benzene rings is 2. The molecule has 0 saturated carbocycles. The van der Waals surface area contributed by atoms with Gasteiger partial charge in [0.2, 0.25) is 5.91 Å². The Balaban J connectivity index is 2.02. The molecule has 0 heterocycles. The highest BCUT2D eigenvalue weighted by molar-refractivity contribution is 7.99. The maximum atomic E-state index is 12.4. The molecule has 27 heavy (non-hydrogen) atoms. The third-order valence-corrected chi connectivity index (χ3v) is 4.38. The topological polar surface area (TPSA) is 61.4 Å². The molecule has 2 aromatic rings. The van der Waals surface area contributed by atoms with Crippen LogP contribution in [0, 0.1) is 0 Å². The number of hydrogen-bond acceptors (Lipinski definition) is 4. The molecule has 0 aliphatic heterocycles. The van der Waals surface area contributed by atoms with Gasteiger partial charge in [0, 0.05) is 37.6 Å². The van der Waals surface area contributed by atoms with Gasteiger partial charge in [-0.1, -0.05) is 23.9 Å². The molecule has 2 rings (SSSR count). The molecule has 0 spiro atoms. The molecule has 0 saturated heterocycles. The summed E-state index contributed by atoms with van der Waals surface area (Å²) in [6, 6.07) is 13.5.